The Kier molecular flexibility index (Phi) is 6.45. The molecule has 0 aliphatic rings. The maximum atomic E-state index is 10.9. The van der Waals surface area contributed by atoms with Crippen molar-refractivity contribution >= 4 is 27.3 Å². The van der Waals surface area contributed by atoms with Crippen LogP contribution in [0.15, 0.2) is 18.2 Å². The van der Waals surface area contributed by atoms with Gasteiger partial charge in [-0.15, -0.1) is 0 Å². The van der Waals surface area contributed by atoms with Crippen LogP contribution in [0.5, 0.6) is 0 Å². The summed E-state index contributed by atoms with van der Waals surface area (Å²) in [5.41, 5.74) is 1.50. The van der Waals surface area contributed by atoms with Gasteiger partial charge in [-0.2, -0.15) is 0 Å². The van der Waals surface area contributed by atoms with E-state index >= 15 is 0 Å². The maximum absolute atomic E-state index is 10.9. The molecular formula is C11H18ClNO2S. The van der Waals surface area contributed by atoms with Crippen molar-refractivity contribution in [3.8, 4) is 0 Å². The number of halogens is 1. The molecule has 16 heavy (non-hydrogen) atoms. The Morgan fingerprint density at radius 1 is 1.31 bits per heavy atom. The minimum Gasteiger partial charge on any atom is -0.284 e. The van der Waals surface area contributed by atoms with Gasteiger partial charge in [0.2, 0.25) is 10.0 Å². The van der Waals surface area contributed by atoms with Gasteiger partial charge in [-0.1, -0.05) is 38.4 Å². The molecule has 0 saturated heterocycles. The molecule has 0 saturated carbocycles. The van der Waals surface area contributed by atoms with Crippen LogP contribution in [0.25, 0.3) is 0 Å². The van der Waals surface area contributed by atoms with Crippen molar-refractivity contribution in [3.05, 3.63) is 28.8 Å². The topological polar surface area (TPSA) is 46.2 Å². The van der Waals surface area contributed by atoms with E-state index in [1.54, 1.807) is 12.1 Å². The molecule has 0 aliphatic carbocycles. The van der Waals surface area contributed by atoms with Crippen LogP contribution in [0.3, 0.4) is 0 Å². The lowest BCUT2D eigenvalue weighted by Crippen LogP contribution is -2.09. The number of hydrogen-bond donors (Lipinski definition) is 1. The average Bonchev–Trinajstić information content (AvgIpc) is 2.18. The normalized spacial score (nSPS) is 10.3. The standard InChI is InChI=1S/C9H12ClNO2S.C2H6/c1-3-7-4-5-8(6-9(7)10)11-14(2,12)13;1-2/h4-6,11H,3H2,1-2H3;1-2H3. The summed E-state index contributed by atoms with van der Waals surface area (Å²) < 4.78 is 24.2. The van der Waals surface area contributed by atoms with Gasteiger partial charge in [0.25, 0.3) is 0 Å². The van der Waals surface area contributed by atoms with Gasteiger partial charge in [-0.3, -0.25) is 4.72 Å². The van der Waals surface area contributed by atoms with Crippen molar-refractivity contribution < 1.29 is 8.42 Å². The second kappa shape index (κ2) is 6.76. The quantitative estimate of drug-likeness (QED) is 0.910. The molecule has 0 fully saturated rings. The van der Waals surface area contributed by atoms with Crippen LogP contribution in [-0.4, -0.2) is 14.7 Å². The summed E-state index contributed by atoms with van der Waals surface area (Å²) in [6, 6.07) is 5.13. The Bertz CT molecular complexity index is 430. The first-order valence-electron chi connectivity index (χ1n) is 5.18. The zero-order valence-electron chi connectivity index (χ0n) is 10.0. The molecule has 0 aliphatic heterocycles. The first-order chi connectivity index (χ1) is 7.42. The lowest BCUT2D eigenvalue weighted by Gasteiger charge is -2.06. The highest BCUT2D eigenvalue weighted by molar-refractivity contribution is 7.92. The minimum atomic E-state index is -3.22. The minimum absolute atomic E-state index is 0.495. The van der Waals surface area contributed by atoms with Crippen LogP contribution in [0, 0.1) is 0 Å². The van der Waals surface area contributed by atoms with Crippen molar-refractivity contribution in [2.45, 2.75) is 27.2 Å². The van der Waals surface area contributed by atoms with Crippen LogP contribution in [-0.2, 0) is 16.4 Å². The van der Waals surface area contributed by atoms with Gasteiger partial charge in [-0.05, 0) is 24.1 Å². The first kappa shape index (κ1) is 15.3. The molecule has 3 nitrogen and oxygen atoms in total. The van der Waals surface area contributed by atoms with E-state index in [1.165, 1.54) is 0 Å². The number of rotatable bonds is 3. The summed E-state index contributed by atoms with van der Waals surface area (Å²) in [5, 5.41) is 0.584. The summed E-state index contributed by atoms with van der Waals surface area (Å²) in [5.74, 6) is 0. The van der Waals surface area contributed by atoms with Crippen LogP contribution in [0.4, 0.5) is 5.69 Å². The SMILES string of the molecule is CC.CCc1ccc(NS(C)(=O)=O)cc1Cl. The fourth-order valence-corrected chi connectivity index (χ4v) is 1.98. The second-order valence-corrected chi connectivity index (χ2v) is 5.19. The molecule has 1 aromatic carbocycles. The molecule has 0 amide bonds. The number of nitrogens with one attached hydrogen (secondary N) is 1. The van der Waals surface area contributed by atoms with E-state index in [1.807, 2.05) is 26.8 Å². The molecule has 92 valence electrons. The van der Waals surface area contributed by atoms with E-state index in [2.05, 4.69) is 4.72 Å². The predicted octanol–water partition coefficient (Wildman–Crippen LogP) is 3.30. The molecule has 5 heteroatoms. The highest BCUT2D eigenvalue weighted by Crippen LogP contribution is 2.21. The lowest BCUT2D eigenvalue weighted by molar-refractivity contribution is 0.607. The van der Waals surface area contributed by atoms with Crippen LogP contribution in [0.2, 0.25) is 5.02 Å². The first-order valence-corrected chi connectivity index (χ1v) is 7.45. The number of benzene rings is 1. The van der Waals surface area contributed by atoms with Crippen LogP contribution in [0.1, 0.15) is 26.3 Å². The van der Waals surface area contributed by atoms with Gasteiger partial charge in [0.15, 0.2) is 0 Å². The maximum Gasteiger partial charge on any atom is 0.229 e. The zero-order chi connectivity index (χ0) is 12.8. The molecule has 0 aromatic heterocycles. The summed E-state index contributed by atoms with van der Waals surface area (Å²) in [6.45, 7) is 5.99. The van der Waals surface area contributed by atoms with Gasteiger partial charge < -0.3 is 0 Å². The molecule has 0 heterocycles. The van der Waals surface area contributed by atoms with E-state index in [-0.39, 0.29) is 0 Å². The predicted molar refractivity (Wildman–Crippen MR) is 70.6 cm³/mol. The average molecular weight is 264 g/mol. The lowest BCUT2D eigenvalue weighted by atomic mass is 10.1. The number of sulfonamides is 1. The molecule has 0 unspecified atom stereocenters. The molecule has 0 bridgehead atoms. The third-order valence-corrected chi connectivity index (χ3v) is 2.70. The Morgan fingerprint density at radius 3 is 2.25 bits per heavy atom. The summed E-state index contributed by atoms with van der Waals surface area (Å²) >= 11 is 5.92. The van der Waals surface area contributed by atoms with E-state index in [0.29, 0.717) is 10.7 Å². The van der Waals surface area contributed by atoms with Crippen molar-refractivity contribution in [2.24, 2.45) is 0 Å². The van der Waals surface area contributed by atoms with E-state index in [0.717, 1.165) is 18.2 Å². The molecule has 0 spiro atoms. The number of hydrogen-bond acceptors (Lipinski definition) is 2. The van der Waals surface area contributed by atoms with E-state index in [9.17, 15) is 8.42 Å². The number of anilines is 1. The van der Waals surface area contributed by atoms with Gasteiger partial charge in [-0.25, -0.2) is 8.42 Å². The van der Waals surface area contributed by atoms with E-state index in [4.69, 9.17) is 11.6 Å². The number of aryl methyl sites for hydroxylation is 1. The highest BCUT2D eigenvalue weighted by atomic mass is 35.5. The Morgan fingerprint density at radius 2 is 1.88 bits per heavy atom. The van der Waals surface area contributed by atoms with E-state index < -0.39 is 10.0 Å². The fourth-order valence-electron chi connectivity index (χ4n) is 1.11. The summed E-state index contributed by atoms with van der Waals surface area (Å²) in [6.07, 6.45) is 1.94. The van der Waals surface area contributed by atoms with Crippen molar-refractivity contribution in [2.75, 3.05) is 11.0 Å². The molecule has 1 aromatic rings. The van der Waals surface area contributed by atoms with Crippen molar-refractivity contribution in [1.29, 1.82) is 0 Å². The molecule has 0 atom stereocenters. The zero-order valence-corrected chi connectivity index (χ0v) is 11.6. The van der Waals surface area contributed by atoms with Crippen LogP contribution < -0.4 is 4.72 Å². The van der Waals surface area contributed by atoms with Gasteiger partial charge >= 0.3 is 0 Å². The Hall–Kier alpha value is -0.740. The smallest absolute Gasteiger partial charge is 0.229 e. The Balaban J connectivity index is 0.00000106. The molecular weight excluding hydrogens is 246 g/mol. The van der Waals surface area contributed by atoms with Gasteiger partial charge in [0.05, 0.1) is 6.26 Å². The van der Waals surface area contributed by atoms with Crippen LogP contribution >= 0.6 is 11.6 Å². The fraction of sp³-hybridized carbons (Fsp3) is 0.455. The molecule has 1 rings (SSSR count). The Labute approximate surface area is 103 Å². The monoisotopic (exact) mass is 263 g/mol. The third-order valence-electron chi connectivity index (χ3n) is 1.74. The summed E-state index contributed by atoms with van der Waals surface area (Å²) in [4.78, 5) is 0. The third kappa shape index (κ3) is 5.37. The molecule has 0 radical (unpaired) electrons. The summed E-state index contributed by atoms with van der Waals surface area (Å²) in [7, 11) is -3.22. The largest absolute Gasteiger partial charge is 0.284 e. The van der Waals surface area contributed by atoms with Crippen molar-refractivity contribution in [1.82, 2.24) is 0 Å². The molecule has 1 N–H and O–H groups in total. The highest BCUT2D eigenvalue weighted by Gasteiger charge is 2.04. The van der Waals surface area contributed by atoms with Gasteiger partial charge in [0, 0.05) is 10.7 Å². The second-order valence-electron chi connectivity index (χ2n) is 3.03. The van der Waals surface area contributed by atoms with Crippen molar-refractivity contribution in [3.63, 3.8) is 0 Å². The van der Waals surface area contributed by atoms with Gasteiger partial charge in [0.1, 0.15) is 0 Å².